The third-order valence-electron chi connectivity index (χ3n) is 4.97. The van der Waals surface area contributed by atoms with Gasteiger partial charge in [-0.05, 0) is 43.2 Å². The number of hydrogen-bond acceptors (Lipinski definition) is 4. The van der Waals surface area contributed by atoms with Gasteiger partial charge in [-0.15, -0.1) is 0 Å². The van der Waals surface area contributed by atoms with Crippen molar-refractivity contribution in [2.75, 3.05) is 11.9 Å². The molecule has 0 unspecified atom stereocenters. The molecule has 1 N–H and O–H groups in total. The summed E-state index contributed by atoms with van der Waals surface area (Å²) in [5, 5.41) is 4.40. The van der Waals surface area contributed by atoms with E-state index < -0.39 is 6.04 Å². The number of hydrogen-bond donors (Lipinski definition) is 1. The van der Waals surface area contributed by atoms with Crippen LogP contribution >= 0.6 is 23.2 Å². The summed E-state index contributed by atoms with van der Waals surface area (Å²) in [6, 6.07) is 12.7. The number of ether oxygens (including phenoxy) is 1. The fourth-order valence-electron chi connectivity index (χ4n) is 3.80. The molecule has 7 heteroatoms. The Kier molecular flexibility index (Phi) is 5.52. The minimum Gasteiger partial charge on any atom is -0.463 e. The highest BCUT2D eigenvalue weighted by molar-refractivity contribution is 6.35. The number of rotatable bonds is 5. The Labute approximate surface area is 179 Å². The van der Waals surface area contributed by atoms with Crippen molar-refractivity contribution in [1.29, 1.82) is 0 Å². The summed E-state index contributed by atoms with van der Waals surface area (Å²) in [5.74, 6) is 0.321. The lowest BCUT2D eigenvalue weighted by molar-refractivity contribution is -0.139. The van der Waals surface area contributed by atoms with E-state index in [-0.39, 0.29) is 5.97 Å². The summed E-state index contributed by atoms with van der Waals surface area (Å²) in [4.78, 5) is 17.8. The molecular weight excluding hydrogens is 409 g/mol. The van der Waals surface area contributed by atoms with Gasteiger partial charge in [0.2, 0.25) is 5.95 Å². The van der Waals surface area contributed by atoms with Gasteiger partial charge in [0, 0.05) is 15.7 Å². The van der Waals surface area contributed by atoms with Gasteiger partial charge >= 0.3 is 5.97 Å². The van der Waals surface area contributed by atoms with Crippen LogP contribution in [-0.2, 0) is 9.53 Å². The summed E-state index contributed by atoms with van der Waals surface area (Å²) in [7, 11) is 0. The maximum Gasteiger partial charge on any atom is 0.338 e. The van der Waals surface area contributed by atoms with Crippen LogP contribution in [0.3, 0.4) is 0 Å². The molecular formula is C22H21Cl2N3O2. The minimum absolute atomic E-state index is 0.292. The molecule has 1 aromatic heterocycles. The Bertz CT molecular complexity index is 1120. The number of aromatic nitrogens is 2. The fourth-order valence-corrected chi connectivity index (χ4v) is 4.31. The molecule has 1 aliphatic rings. The van der Waals surface area contributed by atoms with Crippen molar-refractivity contribution in [3.05, 3.63) is 69.3 Å². The number of carbonyl (C=O) groups excluding carboxylic acids is 1. The Morgan fingerprint density at radius 2 is 2.00 bits per heavy atom. The second kappa shape index (κ2) is 8.09. The highest BCUT2D eigenvalue weighted by Gasteiger charge is 2.36. The summed E-state index contributed by atoms with van der Waals surface area (Å²) >= 11 is 12.7. The lowest BCUT2D eigenvalue weighted by Gasteiger charge is -2.31. The number of benzene rings is 2. The largest absolute Gasteiger partial charge is 0.463 e. The summed E-state index contributed by atoms with van der Waals surface area (Å²) in [6.45, 7) is 4.16. The molecule has 0 radical (unpaired) electrons. The molecule has 0 fully saturated rings. The predicted octanol–water partition coefficient (Wildman–Crippen LogP) is 5.98. The number of allylic oxidation sites excluding steroid dienone is 1. The maximum absolute atomic E-state index is 13.1. The first-order chi connectivity index (χ1) is 14.0. The second-order valence-corrected chi connectivity index (χ2v) is 7.69. The molecule has 0 bridgehead atoms. The van der Waals surface area contributed by atoms with Crippen LogP contribution in [0.5, 0.6) is 0 Å². The van der Waals surface area contributed by atoms with Gasteiger partial charge in [0.15, 0.2) is 0 Å². The number of carbonyl (C=O) groups is 1. The van der Waals surface area contributed by atoms with Gasteiger partial charge < -0.3 is 10.1 Å². The third kappa shape index (κ3) is 3.49. The lowest BCUT2D eigenvalue weighted by atomic mass is 9.93. The number of halogens is 2. The van der Waals surface area contributed by atoms with Crippen molar-refractivity contribution in [3.8, 4) is 0 Å². The topological polar surface area (TPSA) is 56.2 Å². The predicted molar refractivity (Wildman–Crippen MR) is 117 cm³/mol. The number of nitrogens with one attached hydrogen (secondary N) is 1. The maximum atomic E-state index is 13.1. The van der Waals surface area contributed by atoms with Gasteiger partial charge in [-0.2, -0.15) is 0 Å². The van der Waals surface area contributed by atoms with Crippen LogP contribution in [0.15, 0.2) is 53.7 Å². The summed E-state index contributed by atoms with van der Waals surface area (Å²) in [6.07, 6.45) is 1.56. The van der Waals surface area contributed by atoms with Gasteiger partial charge in [0.1, 0.15) is 0 Å². The van der Waals surface area contributed by atoms with Crippen molar-refractivity contribution in [3.63, 3.8) is 0 Å². The molecule has 1 atom stereocenters. The lowest BCUT2D eigenvalue weighted by Crippen LogP contribution is -2.30. The van der Waals surface area contributed by atoms with Crippen molar-refractivity contribution < 1.29 is 9.53 Å². The first-order valence-electron chi connectivity index (χ1n) is 9.64. The van der Waals surface area contributed by atoms with Gasteiger partial charge in [0.05, 0.1) is 29.3 Å². The zero-order valence-electron chi connectivity index (χ0n) is 16.2. The highest BCUT2D eigenvalue weighted by Crippen LogP contribution is 2.43. The zero-order chi connectivity index (χ0) is 20.5. The van der Waals surface area contributed by atoms with Crippen LogP contribution in [0.2, 0.25) is 10.0 Å². The molecule has 29 heavy (non-hydrogen) atoms. The van der Waals surface area contributed by atoms with Gasteiger partial charge in [-0.1, -0.05) is 54.7 Å². The quantitative estimate of drug-likeness (QED) is 0.507. The molecule has 1 aliphatic heterocycles. The van der Waals surface area contributed by atoms with Crippen molar-refractivity contribution in [2.45, 2.75) is 32.7 Å². The van der Waals surface area contributed by atoms with Crippen LogP contribution in [0, 0.1) is 0 Å². The number of esters is 1. The molecule has 0 saturated heterocycles. The van der Waals surface area contributed by atoms with Gasteiger partial charge in [0.25, 0.3) is 0 Å². The van der Waals surface area contributed by atoms with E-state index in [0.29, 0.717) is 34.6 Å². The molecule has 150 valence electrons. The number of anilines is 1. The second-order valence-electron chi connectivity index (χ2n) is 6.85. The van der Waals surface area contributed by atoms with E-state index in [1.54, 1.807) is 19.1 Å². The average Bonchev–Trinajstić information content (AvgIpc) is 3.06. The number of fused-ring (bicyclic) bond motifs is 3. The summed E-state index contributed by atoms with van der Waals surface area (Å²) in [5.41, 5.74) is 3.88. The Balaban J connectivity index is 2.02. The first-order valence-corrected chi connectivity index (χ1v) is 10.4. The number of imidazole rings is 1. The zero-order valence-corrected chi connectivity index (χ0v) is 17.7. The van der Waals surface area contributed by atoms with E-state index >= 15 is 0 Å². The molecule has 2 heterocycles. The van der Waals surface area contributed by atoms with E-state index in [2.05, 4.69) is 12.2 Å². The molecule has 0 saturated carbocycles. The molecule has 3 aromatic rings. The van der Waals surface area contributed by atoms with Gasteiger partial charge in [-0.25, -0.2) is 9.78 Å². The molecule has 0 amide bonds. The molecule has 4 rings (SSSR count). The van der Waals surface area contributed by atoms with Crippen LogP contribution < -0.4 is 5.32 Å². The average molecular weight is 430 g/mol. The Morgan fingerprint density at radius 1 is 1.21 bits per heavy atom. The van der Waals surface area contributed by atoms with Crippen LogP contribution in [0.1, 0.15) is 38.3 Å². The SMILES string of the molecule is CCCC1=C(C(=O)OCC)[C@@H](c2ccc(Cl)cc2Cl)n2c(nc3ccccc32)N1. The van der Waals surface area contributed by atoms with Crippen LogP contribution in [0.4, 0.5) is 5.95 Å². The third-order valence-corrected chi connectivity index (χ3v) is 5.53. The Hall–Kier alpha value is -2.50. The van der Waals surface area contributed by atoms with Crippen LogP contribution in [0.25, 0.3) is 11.0 Å². The van der Waals surface area contributed by atoms with Crippen molar-refractivity contribution in [2.24, 2.45) is 0 Å². The fraction of sp³-hybridized carbons (Fsp3) is 0.273. The summed E-state index contributed by atoms with van der Waals surface area (Å²) < 4.78 is 7.45. The monoisotopic (exact) mass is 429 g/mol. The van der Waals surface area contributed by atoms with E-state index in [0.717, 1.165) is 28.7 Å². The minimum atomic E-state index is -0.469. The molecule has 5 nitrogen and oxygen atoms in total. The normalized spacial score (nSPS) is 15.9. The van der Waals surface area contributed by atoms with E-state index in [1.807, 2.05) is 34.9 Å². The number of nitrogens with zero attached hydrogens (tertiary/aromatic N) is 2. The van der Waals surface area contributed by atoms with Crippen LogP contribution in [-0.4, -0.2) is 22.1 Å². The highest BCUT2D eigenvalue weighted by atomic mass is 35.5. The standard InChI is InChI=1S/C22H21Cl2N3O2/c1-3-7-17-19(21(28)29-4-2)20(14-11-10-13(23)12-15(14)24)27-18-9-6-5-8-16(18)25-22(27)26-17/h5-6,8-12,20H,3-4,7H2,1-2H3,(H,25,26)/t20-/m1/s1. The van der Waals surface area contributed by atoms with Crippen molar-refractivity contribution >= 4 is 46.2 Å². The number of para-hydroxylation sites is 2. The van der Waals surface area contributed by atoms with Crippen molar-refractivity contribution in [1.82, 2.24) is 9.55 Å². The van der Waals surface area contributed by atoms with E-state index in [1.165, 1.54) is 0 Å². The molecule has 2 aromatic carbocycles. The van der Waals surface area contributed by atoms with Gasteiger partial charge in [-0.3, -0.25) is 4.57 Å². The van der Waals surface area contributed by atoms with E-state index in [9.17, 15) is 4.79 Å². The van der Waals surface area contributed by atoms with E-state index in [4.69, 9.17) is 32.9 Å². The molecule has 0 aliphatic carbocycles. The molecule has 0 spiro atoms. The smallest absolute Gasteiger partial charge is 0.338 e. The Morgan fingerprint density at radius 3 is 2.72 bits per heavy atom. The first kappa shape index (κ1) is 19.8.